The Morgan fingerprint density at radius 1 is 1.59 bits per heavy atom. The zero-order chi connectivity index (χ0) is 13.1. The molecule has 1 aliphatic heterocycles. The Hall–Kier alpha value is -0.220. The van der Waals surface area contributed by atoms with Gasteiger partial charge in [-0.2, -0.15) is 12.6 Å². The number of carbonyl (C=O) groups is 1. The van der Waals surface area contributed by atoms with Crippen LogP contribution in [-0.4, -0.2) is 41.7 Å². The standard InChI is InChI=1S/C13H26N2OS/c1-10(9-17)12(16)15-11(8-14-4)6-5-7-13(15,2)3/h10-11,14,17H,5-9H2,1-4H3. The summed E-state index contributed by atoms with van der Waals surface area (Å²) in [6, 6.07) is 0.332. The minimum absolute atomic E-state index is 0.00932. The van der Waals surface area contributed by atoms with Gasteiger partial charge in [0.15, 0.2) is 0 Å². The van der Waals surface area contributed by atoms with E-state index in [0.29, 0.717) is 11.8 Å². The summed E-state index contributed by atoms with van der Waals surface area (Å²) in [5, 5.41) is 3.20. The van der Waals surface area contributed by atoms with Crippen molar-refractivity contribution in [1.82, 2.24) is 10.2 Å². The van der Waals surface area contributed by atoms with Gasteiger partial charge in [-0.15, -0.1) is 0 Å². The van der Waals surface area contributed by atoms with Crippen LogP contribution in [0.1, 0.15) is 40.0 Å². The van der Waals surface area contributed by atoms with Crippen LogP contribution >= 0.6 is 12.6 Å². The predicted molar refractivity (Wildman–Crippen MR) is 75.5 cm³/mol. The van der Waals surface area contributed by atoms with E-state index in [0.717, 1.165) is 19.4 Å². The Morgan fingerprint density at radius 2 is 2.24 bits per heavy atom. The average Bonchev–Trinajstić information content (AvgIpc) is 2.27. The fourth-order valence-electron chi connectivity index (χ4n) is 2.74. The zero-order valence-electron chi connectivity index (χ0n) is 11.5. The molecule has 0 saturated carbocycles. The van der Waals surface area contributed by atoms with Gasteiger partial charge in [-0.05, 0) is 40.2 Å². The van der Waals surface area contributed by atoms with Gasteiger partial charge in [-0.1, -0.05) is 6.92 Å². The third-order valence-corrected chi connectivity index (χ3v) is 4.26. The first kappa shape index (κ1) is 14.8. The Morgan fingerprint density at radius 3 is 2.76 bits per heavy atom. The molecule has 0 spiro atoms. The van der Waals surface area contributed by atoms with E-state index in [1.807, 2.05) is 14.0 Å². The lowest BCUT2D eigenvalue weighted by molar-refractivity contribution is -0.146. The highest BCUT2D eigenvalue weighted by molar-refractivity contribution is 7.80. The number of amides is 1. The molecule has 1 heterocycles. The molecule has 1 aliphatic rings. The van der Waals surface area contributed by atoms with Gasteiger partial charge in [0.2, 0.25) is 5.91 Å². The molecule has 4 heteroatoms. The molecule has 17 heavy (non-hydrogen) atoms. The maximum Gasteiger partial charge on any atom is 0.226 e. The molecule has 0 radical (unpaired) electrons. The molecule has 0 bridgehead atoms. The van der Waals surface area contributed by atoms with Crippen molar-refractivity contribution >= 4 is 18.5 Å². The number of hydrogen-bond acceptors (Lipinski definition) is 3. The van der Waals surface area contributed by atoms with Crippen LogP contribution in [0.5, 0.6) is 0 Å². The lowest BCUT2D eigenvalue weighted by atomic mass is 9.85. The molecule has 1 fully saturated rings. The summed E-state index contributed by atoms with van der Waals surface area (Å²) in [6.45, 7) is 7.21. The lowest BCUT2D eigenvalue weighted by Gasteiger charge is -2.49. The maximum atomic E-state index is 12.5. The van der Waals surface area contributed by atoms with E-state index in [1.165, 1.54) is 6.42 Å². The van der Waals surface area contributed by atoms with E-state index in [4.69, 9.17) is 0 Å². The normalized spacial score (nSPS) is 25.7. The third kappa shape index (κ3) is 3.38. The van der Waals surface area contributed by atoms with E-state index >= 15 is 0 Å². The van der Waals surface area contributed by atoms with Gasteiger partial charge in [0.25, 0.3) is 0 Å². The molecule has 2 unspecified atom stereocenters. The fourth-order valence-corrected chi connectivity index (χ4v) is 2.89. The van der Waals surface area contributed by atoms with Crippen molar-refractivity contribution in [2.45, 2.75) is 51.6 Å². The second-order valence-corrected chi connectivity index (χ2v) is 6.07. The Balaban J connectivity index is 2.88. The van der Waals surface area contributed by atoms with Crippen LogP contribution < -0.4 is 5.32 Å². The van der Waals surface area contributed by atoms with Gasteiger partial charge in [-0.25, -0.2) is 0 Å². The van der Waals surface area contributed by atoms with E-state index in [2.05, 4.69) is 36.7 Å². The van der Waals surface area contributed by atoms with Gasteiger partial charge < -0.3 is 10.2 Å². The van der Waals surface area contributed by atoms with Crippen molar-refractivity contribution in [3.63, 3.8) is 0 Å². The van der Waals surface area contributed by atoms with E-state index in [9.17, 15) is 4.79 Å². The molecular weight excluding hydrogens is 232 g/mol. The number of thiol groups is 1. The van der Waals surface area contributed by atoms with Crippen molar-refractivity contribution in [2.24, 2.45) is 5.92 Å². The molecule has 0 aromatic heterocycles. The summed E-state index contributed by atoms with van der Waals surface area (Å²) in [5.41, 5.74) is -0.0198. The van der Waals surface area contributed by atoms with Crippen LogP contribution in [0.4, 0.5) is 0 Å². The zero-order valence-corrected chi connectivity index (χ0v) is 12.4. The Labute approximate surface area is 111 Å². The van der Waals surface area contributed by atoms with Crippen molar-refractivity contribution in [3.8, 4) is 0 Å². The maximum absolute atomic E-state index is 12.5. The topological polar surface area (TPSA) is 32.3 Å². The molecule has 3 nitrogen and oxygen atoms in total. The van der Waals surface area contributed by atoms with Crippen LogP contribution in [0, 0.1) is 5.92 Å². The number of piperidine rings is 1. The van der Waals surface area contributed by atoms with Crippen LogP contribution in [-0.2, 0) is 4.79 Å². The SMILES string of the molecule is CNCC1CCCC(C)(C)N1C(=O)C(C)CS. The van der Waals surface area contributed by atoms with Crippen molar-refractivity contribution in [3.05, 3.63) is 0 Å². The van der Waals surface area contributed by atoms with Gasteiger partial charge in [0.05, 0.1) is 0 Å². The van der Waals surface area contributed by atoms with Crippen molar-refractivity contribution in [1.29, 1.82) is 0 Å². The number of nitrogens with one attached hydrogen (secondary N) is 1. The molecule has 1 rings (SSSR count). The summed E-state index contributed by atoms with van der Waals surface area (Å²) in [6.07, 6.45) is 3.41. The number of hydrogen-bond donors (Lipinski definition) is 2. The van der Waals surface area contributed by atoms with E-state index in [1.54, 1.807) is 0 Å². The molecule has 0 aliphatic carbocycles. The van der Waals surface area contributed by atoms with Gasteiger partial charge in [0, 0.05) is 29.8 Å². The third-order valence-electron chi connectivity index (χ3n) is 3.72. The minimum Gasteiger partial charge on any atom is -0.333 e. The number of nitrogens with zero attached hydrogens (tertiary/aromatic N) is 1. The monoisotopic (exact) mass is 258 g/mol. The van der Waals surface area contributed by atoms with Crippen LogP contribution in [0.25, 0.3) is 0 Å². The highest BCUT2D eigenvalue weighted by Crippen LogP contribution is 2.32. The smallest absolute Gasteiger partial charge is 0.226 e. The number of likely N-dealkylation sites (N-methyl/N-ethyl adjacent to an activating group) is 1. The summed E-state index contributed by atoms with van der Waals surface area (Å²) in [7, 11) is 1.95. The summed E-state index contributed by atoms with van der Waals surface area (Å²) in [4.78, 5) is 14.6. The average molecular weight is 258 g/mol. The molecule has 2 atom stereocenters. The first-order valence-corrected chi connectivity index (χ1v) is 7.16. The van der Waals surface area contributed by atoms with Crippen molar-refractivity contribution < 1.29 is 4.79 Å². The van der Waals surface area contributed by atoms with E-state index in [-0.39, 0.29) is 17.4 Å². The van der Waals surface area contributed by atoms with Crippen LogP contribution in [0.15, 0.2) is 0 Å². The molecule has 0 aromatic carbocycles. The quantitative estimate of drug-likeness (QED) is 0.755. The molecule has 1 N–H and O–H groups in total. The molecular formula is C13H26N2OS. The Kier molecular flexibility index (Phi) is 5.32. The number of likely N-dealkylation sites (tertiary alicyclic amines) is 1. The molecule has 100 valence electrons. The minimum atomic E-state index is -0.0198. The highest BCUT2D eigenvalue weighted by Gasteiger charge is 2.40. The predicted octanol–water partition coefficient (Wildman–Crippen LogP) is 1.93. The first-order chi connectivity index (χ1) is 7.94. The van der Waals surface area contributed by atoms with E-state index < -0.39 is 0 Å². The molecule has 1 saturated heterocycles. The summed E-state index contributed by atoms with van der Waals surface area (Å²) in [5.74, 6) is 0.887. The van der Waals surface area contributed by atoms with Gasteiger partial charge >= 0.3 is 0 Å². The lowest BCUT2D eigenvalue weighted by Crippen LogP contribution is -2.59. The number of carbonyl (C=O) groups excluding carboxylic acids is 1. The largest absolute Gasteiger partial charge is 0.333 e. The van der Waals surface area contributed by atoms with Crippen molar-refractivity contribution in [2.75, 3.05) is 19.3 Å². The first-order valence-electron chi connectivity index (χ1n) is 6.52. The molecule has 1 amide bonds. The second kappa shape index (κ2) is 6.10. The fraction of sp³-hybridized carbons (Fsp3) is 0.923. The van der Waals surface area contributed by atoms with Gasteiger partial charge in [-0.3, -0.25) is 4.79 Å². The highest BCUT2D eigenvalue weighted by atomic mass is 32.1. The number of rotatable bonds is 4. The summed E-state index contributed by atoms with van der Waals surface area (Å²) < 4.78 is 0. The van der Waals surface area contributed by atoms with Gasteiger partial charge in [0.1, 0.15) is 0 Å². The summed E-state index contributed by atoms with van der Waals surface area (Å²) >= 11 is 4.25. The van der Waals surface area contributed by atoms with Crippen LogP contribution in [0.3, 0.4) is 0 Å². The van der Waals surface area contributed by atoms with Crippen LogP contribution in [0.2, 0.25) is 0 Å². The Bertz CT molecular complexity index is 266. The molecule has 0 aromatic rings. The second-order valence-electron chi connectivity index (χ2n) is 5.71.